The molecule has 7 nitrogen and oxygen atoms in total. The van der Waals surface area contributed by atoms with Crippen LogP contribution >= 0.6 is 0 Å². The first-order chi connectivity index (χ1) is 12.1. The molecule has 1 rings (SSSR count). The van der Waals surface area contributed by atoms with Gasteiger partial charge < -0.3 is 19.7 Å². The summed E-state index contributed by atoms with van der Waals surface area (Å²) >= 11 is 0. The van der Waals surface area contributed by atoms with E-state index in [1.54, 1.807) is 27.7 Å². The van der Waals surface area contributed by atoms with E-state index in [-0.39, 0.29) is 25.4 Å². The van der Waals surface area contributed by atoms with Gasteiger partial charge in [0.05, 0.1) is 7.11 Å². The highest BCUT2D eigenvalue weighted by atomic mass is 16.6. The van der Waals surface area contributed by atoms with Crippen molar-refractivity contribution >= 4 is 18.0 Å². The first kappa shape index (κ1) is 21.5. The van der Waals surface area contributed by atoms with Gasteiger partial charge in [-0.25, -0.2) is 4.79 Å². The zero-order chi connectivity index (χ0) is 19.7. The van der Waals surface area contributed by atoms with Crippen LogP contribution in [0.5, 0.6) is 0 Å². The van der Waals surface area contributed by atoms with Crippen molar-refractivity contribution in [3.8, 4) is 0 Å². The maximum Gasteiger partial charge on any atom is 0.407 e. The number of carbonyl (C=O) groups excluding carboxylic acids is 3. The number of hydrogen-bond acceptors (Lipinski definition) is 5. The van der Waals surface area contributed by atoms with Gasteiger partial charge in [-0.3, -0.25) is 9.59 Å². The van der Waals surface area contributed by atoms with E-state index in [9.17, 15) is 14.4 Å². The highest BCUT2D eigenvalue weighted by molar-refractivity contribution is 5.82. The molecule has 0 saturated heterocycles. The fourth-order valence-corrected chi connectivity index (χ4v) is 2.21. The maximum atomic E-state index is 12.6. The fourth-order valence-electron chi connectivity index (χ4n) is 2.21. The Kier molecular flexibility index (Phi) is 8.09. The van der Waals surface area contributed by atoms with Gasteiger partial charge in [-0.1, -0.05) is 30.3 Å². The lowest BCUT2D eigenvalue weighted by atomic mass is 10.1. The molecule has 1 aromatic rings. The Labute approximate surface area is 154 Å². The van der Waals surface area contributed by atoms with E-state index in [0.29, 0.717) is 0 Å². The molecule has 1 atom stereocenters. The average Bonchev–Trinajstić information content (AvgIpc) is 2.52. The second kappa shape index (κ2) is 9.79. The minimum absolute atomic E-state index is 0.0447. The van der Waals surface area contributed by atoms with Crippen molar-refractivity contribution in [2.24, 2.45) is 0 Å². The lowest BCUT2D eigenvalue weighted by Crippen LogP contribution is -2.42. The molecule has 0 aliphatic heterocycles. The number of rotatable bonds is 7. The van der Waals surface area contributed by atoms with Crippen LogP contribution < -0.4 is 5.32 Å². The number of carbonyl (C=O) groups is 3. The first-order valence-corrected chi connectivity index (χ1v) is 8.48. The summed E-state index contributed by atoms with van der Waals surface area (Å²) in [5.41, 5.74) is 0.287. The first-order valence-electron chi connectivity index (χ1n) is 8.48. The molecular weight excluding hydrogens is 336 g/mol. The van der Waals surface area contributed by atoms with Crippen molar-refractivity contribution in [3.05, 3.63) is 35.9 Å². The van der Waals surface area contributed by atoms with Gasteiger partial charge in [0.15, 0.2) is 0 Å². The third kappa shape index (κ3) is 8.50. The number of esters is 1. The predicted octanol–water partition coefficient (Wildman–Crippen LogP) is 2.49. The maximum absolute atomic E-state index is 12.6. The molecule has 0 unspecified atom stereocenters. The summed E-state index contributed by atoms with van der Waals surface area (Å²) in [5, 5.41) is 2.63. The van der Waals surface area contributed by atoms with Crippen molar-refractivity contribution in [2.75, 3.05) is 13.7 Å². The van der Waals surface area contributed by atoms with Gasteiger partial charge in [0, 0.05) is 19.0 Å². The van der Waals surface area contributed by atoms with Gasteiger partial charge in [0.2, 0.25) is 5.91 Å². The van der Waals surface area contributed by atoms with Gasteiger partial charge in [0.25, 0.3) is 0 Å². The molecule has 26 heavy (non-hydrogen) atoms. The van der Waals surface area contributed by atoms with E-state index in [1.807, 2.05) is 30.3 Å². The summed E-state index contributed by atoms with van der Waals surface area (Å²) in [6, 6.07) is 8.92. The lowest BCUT2D eigenvalue weighted by molar-refractivity contribution is -0.147. The van der Waals surface area contributed by atoms with Crippen LogP contribution in [0, 0.1) is 0 Å². The Morgan fingerprint density at radius 3 is 2.31 bits per heavy atom. The monoisotopic (exact) mass is 364 g/mol. The third-order valence-corrected chi connectivity index (χ3v) is 3.36. The van der Waals surface area contributed by atoms with Crippen molar-refractivity contribution in [3.63, 3.8) is 0 Å². The van der Waals surface area contributed by atoms with Crippen molar-refractivity contribution in [1.29, 1.82) is 0 Å². The molecule has 7 heteroatoms. The number of nitrogens with one attached hydrogen (secondary N) is 1. The van der Waals surface area contributed by atoms with Crippen LogP contribution in [0.15, 0.2) is 30.3 Å². The number of nitrogens with zero attached hydrogens (tertiary/aromatic N) is 1. The highest BCUT2D eigenvalue weighted by Gasteiger charge is 2.23. The van der Waals surface area contributed by atoms with Crippen LogP contribution in [-0.2, 0) is 25.6 Å². The van der Waals surface area contributed by atoms with Crippen LogP contribution in [0.2, 0.25) is 0 Å². The van der Waals surface area contributed by atoms with Crippen molar-refractivity contribution in [2.45, 2.75) is 52.3 Å². The number of hydrogen-bond donors (Lipinski definition) is 1. The smallest absolute Gasteiger partial charge is 0.407 e. The Bertz CT molecular complexity index is 610. The van der Waals surface area contributed by atoms with Crippen LogP contribution in [0.3, 0.4) is 0 Å². The molecule has 0 aliphatic rings. The Balaban J connectivity index is 2.69. The second-order valence-corrected chi connectivity index (χ2v) is 7.06. The summed E-state index contributed by atoms with van der Waals surface area (Å²) in [7, 11) is 1.28. The SMILES string of the molecule is COC(=O)CN(Cc1ccccc1)C(=O)C[C@@H](C)NC(=O)OC(C)(C)C. The molecule has 1 N–H and O–H groups in total. The van der Waals surface area contributed by atoms with Crippen LogP contribution in [0.1, 0.15) is 39.7 Å². The lowest BCUT2D eigenvalue weighted by Gasteiger charge is -2.25. The zero-order valence-electron chi connectivity index (χ0n) is 16.1. The van der Waals surface area contributed by atoms with Gasteiger partial charge in [0.1, 0.15) is 12.1 Å². The molecule has 1 aromatic carbocycles. The van der Waals surface area contributed by atoms with E-state index in [0.717, 1.165) is 5.56 Å². The predicted molar refractivity (Wildman–Crippen MR) is 97.3 cm³/mol. The van der Waals surface area contributed by atoms with E-state index >= 15 is 0 Å². The van der Waals surface area contributed by atoms with E-state index in [1.165, 1.54) is 12.0 Å². The molecule has 0 fully saturated rings. The molecule has 0 radical (unpaired) electrons. The number of amides is 2. The van der Waals surface area contributed by atoms with Gasteiger partial charge >= 0.3 is 12.1 Å². The molecule has 0 heterocycles. The highest BCUT2D eigenvalue weighted by Crippen LogP contribution is 2.10. The van der Waals surface area contributed by atoms with E-state index < -0.39 is 23.7 Å². The summed E-state index contributed by atoms with van der Waals surface area (Å²) < 4.78 is 9.85. The largest absolute Gasteiger partial charge is 0.468 e. The van der Waals surface area contributed by atoms with Gasteiger partial charge in [-0.2, -0.15) is 0 Å². The Hall–Kier alpha value is -2.57. The summed E-state index contributed by atoms with van der Waals surface area (Å²) in [6.45, 7) is 7.14. The topological polar surface area (TPSA) is 84.9 Å². The fraction of sp³-hybridized carbons (Fsp3) is 0.526. The van der Waals surface area contributed by atoms with Crippen LogP contribution in [0.4, 0.5) is 4.79 Å². The molecule has 144 valence electrons. The number of methoxy groups -OCH3 is 1. The van der Waals surface area contributed by atoms with E-state index in [2.05, 4.69) is 10.1 Å². The normalized spacial score (nSPS) is 12.0. The number of benzene rings is 1. The summed E-state index contributed by atoms with van der Waals surface area (Å²) in [5.74, 6) is -0.759. The summed E-state index contributed by atoms with van der Waals surface area (Å²) in [6.07, 6.45) is -0.538. The number of ether oxygens (including phenoxy) is 2. The average molecular weight is 364 g/mol. The minimum atomic E-state index is -0.613. The minimum Gasteiger partial charge on any atom is -0.468 e. The quantitative estimate of drug-likeness (QED) is 0.752. The molecule has 0 saturated carbocycles. The molecule has 0 aromatic heterocycles. The standard InChI is InChI=1S/C19H28N2O5/c1-14(20-18(24)26-19(2,3)4)11-16(22)21(13-17(23)25-5)12-15-9-7-6-8-10-15/h6-10,14H,11-13H2,1-5H3,(H,20,24)/t14-/m1/s1. The van der Waals surface area contributed by atoms with Gasteiger partial charge in [-0.05, 0) is 33.3 Å². The Morgan fingerprint density at radius 2 is 1.77 bits per heavy atom. The van der Waals surface area contributed by atoms with Crippen LogP contribution in [-0.4, -0.2) is 48.2 Å². The second-order valence-electron chi connectivity index (χ2n) is 7.06. The molecule has 0 aliphatic carbocycles. The number of alkyl carbamates (subject to hydrolysis) is 1. The zero-order valence-corrected chi connectivity index (χ0v) is 16.1. The molecule has 0 spiro atoms. The third-order valence-electron chi connectivity index (χ3n) is 3.36. The van der Waals surface area contributed by atoms with Crippen molar-refractivity contribution < 1.29 is 23.9 Å². The van der Waals surface area contributed by atoms with E-state index in [4.69, 9.17) is 4.74 Å². The molecular formula is C19H28N2O5. The van der Waals surface area contributed by atoms with Crippen LogP contribution in [0.25, 0.3) is 0 Å². The van der Waals surface area contributed by atoms with Crippen molar-refractivity contribution in [1.82, 2.24) is 10.2 Å². The Morgan fingerprint density at radius 1 is 1.15 bits per heavy atom. The molecule has 2 amide bonds. The summed E-state index contributed by atoms with van der Waals surface area (Å²) in [4.78, 5) is 37.4. The molecule has 0 bridgehead atoms. The van der Waals surface area contributed by atoms with Gasteiger partial charge in [-0.15, -0.1) is 0 Å².